The number of amides is 1. The number of carbonyl (C=O) groups excluding carboxylic acids is 1. The van der Waals surface area contributed by atoms with E-state index >= 15 is 0 Å². The molecule has 1 aliphatic rings. The van der Waals surface area contributed by atoms with E-state index in [9.17, 15) is 18.8 Å². The molecule has 1 aromatic heterocycles. The highest BCUT2D eigenvalue weighted by Crippen LogP contribution is 2.32. The van der Waals surface area contributed by atoms with Gasteiger partial charge in [0.1, 0.15) is 6.10 Å². The van der Waals surface area contributed by atoms with Gasteiger partial charge in [0.2, 0.25) is 5.82 Å². The van der Waals surface area contributed by atoms with Crippen molar-refractivity contribution in [1.82, 2.24) is 14.9 Å². The summed E-state index contributed by atoms with van der Waals surface area (Å²) in [6.45, 7) is 1.77. The molecule has 0 spiro atoms. The van der Waals surface area contributed by atoms with E-state index in [2.05, 4.69) is 5.32 Å². The molecule has 0 saturated heterocycles. The molecular weight excluding hydrogens is 349 g/mol. The summed E-state index contributed by atoms with van der Waals surface area (Å²) < 4.78 is 30.4. The highest BCUT2D eigenvalue weighted by molar-refractivity contribution is 5.76. The number of halogens is 1. The summed E-state index contributed by atoms with van der Waals surface area (Å²) in [6.07, 6.45) is 1.21. The van der Waals surface area contributed by atoms with Gasteiger partial charge in [-0.1, -0.05) is 0 Å². The van der Waals surface area contributed by atoms with Crippen molar-refractivity contribution >= 4 is 6.03 Å². The van der Waals surface area contributed by atoms with Gasteiger partial charge in [0.25, 0.3) is 5.56 Å². The van der Waals surface area contributed by atoms with Crippen LogP contribution in [-0.2, 0) is 14.2 Å². The molecule has 1 aromatic rings. The topological polar surface area (TPSA) is 112 Å². The first-order valence-corrected chi connectivity index (χ1v) is 8.24. The Morgan fingerprint density at radius 3 is 2.46 bits per heavy atom. The number of H-pyrrole nitrogens is 1. The minimum absolute atomic E-state index is 0.108. The van der Waals surface area contributed by atoms with Crippen LogP contribution in [0, 0.1) is 11.7 Å². The molecule has 2 N–H and O–H groups in total. The second-order valence-electron chi connectivity index (χ2n) is 6.26. The van der Waals surface area contributed by atoms with E-state index in [0.717, 1.165) is 0 Å². The maximum atomic E-state index is 13.4. The highest BCUT2D eigenvalue weighted by Gasteiger charge is 2.42. The minimum Gasteiger partial charge on any atom is -0.379 e. The number of methoxy groups -OCH3 is 3. The Labute approximate surface area is 149 Å². The molecule has 0 radical (unpaired) electrons. The molecule has 0 bridgehead atoms. The number of rotatable bonds is 5. The zero-order valence-corrected chi connectivity index (χ0v) is 15.2. The average molecular weight is 373 g/mol. The quantitative estimate of drug-likeness (QED) is 0.756. The average Bonchev–Trinajstić information content (AvgIpc) is 2.62. The summed E-state index contributed by atoms with van der Waals surface area (Å²) in [5.41, 5.74) is -2.19. The van der Waals surface area contributed by atoms with Crippen molar-refractivity contribution in [3.05, 3.63) is 32.9 Å². The maximum absolute atomic E-state index is 13.4. The normalized spacial score (nSPS) is 27.1. The van der Waals surface area contributed by atoms with Crippen LogP contribution in [0.15, 0.2) is 15.8 Å². The Balaban J connectivity index is 2.17. The van der Waals surface area contributed by atoms with E-state index in [0.29, 0.717) is 23.6 Å². The Hall–Kier alpha value is -2.04. The van der Waals surface area contributed by atoms with E-state index in [1.807, 2.05) is 0 Å². The summed E-state index contributed by atoms with van der Waals surface area (Å²) in [4.78, 5) is 36.8. The van der Waals surface area contributed by atoms with Crippen molar-refractivity contribution in [2.45, 2.75) is 44.1 Å². The SMILES string of the molecule is COC1CCC(C(C)NC(=O)n2cc(F)c(=O)[nH]c2=O)C(OC)C1OC. The Bertz CT molecular complexity index is 748. The van der Waals surface area contributed by atoms with Crippen molar-refractivity contribution in [1.29, 1.82) is 0 Å². The van der Waals surface area contributed by atoms with Gasteiger partial charge in [0, 0.05) is 33.3 Å². The van der Waals surface area contributed by atoms with E-state index in [1.54, 1.807) is 33.2 Å². The lowest BCUT2D eigenvalue weighted by atomic mass is 9.78. The number of aromatic amines is 1. The lowest BCUT2D eigenvalue weighted by Gasteiger charge is -2.43. The Kier molecular flexibility index (Phi) is 6.68. The van der Waals surface area contributed by atoms with Gasteiger partial charge in [-0.15, -0.1) is 0 Å². The van der Waals surface area contributed by atoms with Crippen LogP contribution >= 0.6 is 0 Å². The molecule has 2 rings (SSSR count). The summed E-state index contributed by atoms with van der Waals surface area (Å²) in [7, 11) is 4.72. The number of hydrogen-bond acceptors (Lipinski definition) is 6. The molecule has 0 aliphatic heterocycles. The molecule has 10 heteroatoms. The minimum atomic E-state index is -1.22. The molecule has 5 unspecified atom stereocenters. The molecule has 26 heavy (non-hydrogen) atoms. The summed E-state index contributed by atoms with van der Waals surface area (Å²) >= 11 is 0. The fourth-order valence-corrected chi connectivity index (χ4v) is 3.49. The lowest BCUT2D eigenvalue weighted by molar-refractivity contribution is -0.152. The van der Waals surface area contributed by atoms with Crippen molar-refractivity contribution in [3.8, 4) is 0 Å². The van der Waals surface area contributed by atoms with Gasteiger partial charge in [-0.05, 0) is 19.8 Å². The highest BCUT2D eigenvalue weighted by atomic mass is 19.1. The molecule has 1 saturated carbocycles. The van der Waals surface area contributed by atoms with Gasteiger partial charge in [0.05, 0.1) is 18.4 Å². The second kappa shape index (κ2) is 8.56. The number of hydrogen-bond donors (Lipinski definition) is 2. The third-order valence-electron chi connectivity index (χ3n) is 4.85. The third-order valence-corrected chi connectivity index (χ3v) is 4.85. The number of nitrogens with one attached hydrogen (secondary N) is 2. The standard InChI is InChI=1S/C16H24FN3O6/c1-8(9-5-6-11(24-2)13(26-4)12(9)25-3)18-15(22)20-7-10(17)14(21)19-16(20)23/h7-9,11-13H,5-6H2,1-4H3,(H,18,22)(H,19,21,23). The van der Waals surface area contributed by atoms with E-state index < -0.39 is 29.1 Å². The zero-order valence-electron chi connectivity index (χ0n) is 15.2. The number of ether oxygens (including phenoxy) is 3. The van der Waals surface area contributed by atoms with Crippen LogP contribution in [0.4, 0.5) is 9.18 Å². The lowest BCUT2D eigenvalue weighted by Crippen LogP contribution is -2.56. The van der Waals surface area contributed by atoms with E-state index in [4.69, 9.17) is 14.2 Å². The van der Waals surface area contributed by atoms with Crippen LogP contribution in [-0.4, -0.2) is 61.3 Å². The largest absolute Gasteiger partial charge is 0.379 e. The van der Waals surface area contributed by atoms with Crippen molar-refractivity contribution in [2.24, 2.45) is 5.92 Å². The van der Waals surface area contributed by atoms with Gasteiger partial charge in [-0.2, -0.15) is 4.39 Å². The summed E-state index contributed by atoms with van der Waals surface area (Å²) in [5, 5.41) is 2.65. The molecule has 146 valence electrons. The van der Waals surface area contributed by atoms with Crippen LogP contribution in [0.1, 0.15) is 19.8 Å². The molecule has 1 fully saturated rings. The third kappa shape index (κ3) is 4.02. The summed E-state index contributed by atoms with van der Waals surface area (Å²) in [6, 6.07) is -1.24. The fourth-order valence-electron chi connectivity index (χ4n) is 3.49. The van der Waals surface area contributed by atoms with Gasteiger partial charge in [-0.25, -0.2) is 14.2 Å². The Morgan fingerprint density at radius 2 is 1.88 bits per heavy atom. The monoisotopic (exact) mass is 373 g/mol. The first-order valence-electron chi connectivity index (χ1n) is 8.24. The predicted molar refractivity (Wildman–Crippen MR) is 89.8 cm³/mol. The molecule has 9 nitrogen and oxygen atoms in total. The number of aromatic nitrogens is 2. The van der Waals surface area contributed by atoms with Crippen LogP contribution < -0.4 is 16.6 Å². The van der Waals surface area contributed by atoms with Crippen LogP contribution in [0.2, 0.25) is 0 Å². The predicted octanol–water partition coefficient (Wildman–Crippen LogP) is 0.0769. The van der Waals surface area contributed by atoms with E-state index in [1.165, 1.54) is 0 Å². The number of nitrogens with zero attached hydrogens (tertiary/aromatic N) is 1. The molecule has 1 amide bonds. The molecular formula is C16H24FN3O6. The van der Waals surface area contributed by atoms with Crippen molar-refractivity contribution in [2.75, 3.05) is 21.3 Å². The smallest absolute Gasteiger partial charge is 0.336 e. The molecule has 1 aliphatic carbocycles. The van der Waals surface area contributed by atoms with Gasteiger partial charge in [0.15, 0.2) is 0 Å². The van der Waals surface area contributed by atoms with Crippen LogP contribution in [0.5, 0.6) is 0 Å². The molecule has 1 heterocycles. The van der Waals surface area contributed by atoms with Gasteiger partial charge >= 0.3 is 11.7 Å². The summed E-state index contributed by atoms with van der Waals surface area (Å²) in [5.74, 6) is -1.33. The fraction of sp³-hybridized carbons (Fsp3) is 0.688. The van der Waals surface area contributed by atoms with Crippen LogP contribution in [0.25, 0.3) is 0 Å². The number of carbonyl (C=O) groups is 1. The maximum Gasteiger partial charge on any atom is 0.336 e. The van der Waals surface area contributed by atoms with Gasteiger partial charge in [-0.3, -0.25) is 9.78 Å². The Morgan fingerprint density at radius 1 is 1.23 bits per heavy atom. The van der Waals surface area contributed by atoms with Gasteiger partial charge < -0.3 is 19.5 Å². The van der Waals surface area contributed by atoms with E-state index in [-0.39, 0.29) is 24.2 Å². The second-order valence-corrected chi connectivity index (χ2v) is 6.26. The molecule has 0 aromatic carbocycles. The first kappa shape index (κ1) is 20.3. The first-order chi connectivity index (χ1) is 12.3. The van der Waals surface area contributed by atoms with Crippen molar-refractivity contribution in [3.63, 3.8) is 0 Å². The van der Waals surface area contributed by atoms with Crippen LogP contribution in [0.3, 0.4) is 0 Å². The zero-order chi connectivity index (χ0) is 19.4. The van der Waals surface area contributed by atoms with Crippen molar-refractivity contribution < 1.29 is 23.4 Å². The molecule has 5 atom stereocenters.